The van der Waals surface area contributed by atoms with Gasteiger partial charge in [0.1, 0.15) is 5.82 Å². The Kier molecular flexibility index (Phi) is 3.81. The Morgan fingerprint density at radius 2 is 1.92 bits per heavy atom. The Morgan fingerprint density at radius 3 is 2.60 bits per heavy atom. The zero-order chi connectivity index (χ0) is 17.4. The molecule has 25 heavy (non-hydrogen) atoms. The van der Waals surface area contributed by atoms with E-state index >= 15 is 0 Å². The van der Waals surface area contributed by atoms with E-state index in [0.717, 1.165) is 18.4 Å². The molecule has 0 bridgehead atoms. The van der Waals surface area contributed by atoms with Gasteiger partial charge in [-0.25, -0.2) is 9.07 Å². The van der Waals surface area contributed by atoms with E-state index in [9.17, 15) is 9.18 Å². The Labute approximate surface area is 149 Å². The number of benzene rings is 2. The van der Waals surface area contributed by atoms with E-state index in [1.54, 1.807) is 23.0 Å². The number of carbonyl (C=O) groups excluding carboxylic acids is 1. The molecule has 4 rings (SSSR count). The Morgan fingerprint density at radius 1 is 1.16 bits per heavy atom. The fourth-order valence-corrected chi connectivity index (χ4v) is 3.10. The Bertz CT molecular complexity index is 935. The molecule has 0 atom stereocenters. The van der Waals surface area contributed by atoms with Gasteiger partial charge in [0.15, 0.2) is 5.82 Å². The standard InChI is InChI=1S/C19H15ClFN3O/c20-15-12-14(6-7-16(15)21)24-11-8-17(23-24)22-18(25)19(9-10-19)13-4-2-1-3-5-13/h1-8,11-12H,9-10H2,(H,22,23,25). The molecule has 0 radical (unpaired) electrons. The molecule has 1 aromatic heterocycles. The summed E-state index contributed by atoms with van der Waals surface area (Å²) in [5.41, 5.74) is 1.19. The maximum absolute atomic E-state index is 13.3. The van der Waals surface area contributed by atoms with Gasteiger partial charge in [-0.2, -0.15) is 5.10 Å². The minimum atomic E-state index is -0.482. The fraction of sp³-hybridized carbons (Fsp3) is 0.158. The molecule has 0 unspecified atom stereocenters. The topological polar surface area (TPSA) is 46.9 Å². The molecule has 1 saturated carbocycles. The van der Waals surface area contributed by atoms with Crippen LogP contribution in [0.25, 0.3) is 5.69 Å². The van der Waals surface area contributed by atoms with E-state index in [1.165, 1.54) is 12.1 Å². The highest BCUT2D eigenvalue weighted by Gasteiger charge is 2.51. The third kappa shape index (κ3) is 2.91. The molecule has 1 fully saturated rings. The van der Waals surface area contributed by atoms with Crippen LogP contribution in [0.4, 0.5) is 10.2 Å². The summed E-state index contributed by atoms with van der Waals surface area (Å²) >= 11 is 5.80. The van der Waals surface area contributed by atoms with Gasteiger partial charge in [0.05, 0.1) is 16.1 Å². The van der Waals surface area contributed by atoms with Crippen molar-refractivity contribution in [3.63, 3.8) is 0 Å². The quantitative estimate of drug-likeness (QED) is 0.757. The van der Waals surface area contributed by atoms with Gasteiger partial charge in [0.25, 0.3) is 0 Å². The SMILES string of the molecule is O=C(Nc1ccn(-c2ccc(F)c(Cl)c2)n1)C1(c2ccccc2)CC1. The first-order valence-corrected chi connectivity index (χ1v) is 8.34. The number of halogens is 2. The number of amides is 1. The van der Waals surface area contributed by atoms with E-state index in [4.69, 9.17) is 11.6 Å². The third-order valence-electron chi connectivity index (χ3n) is 4.51. The first kappa shape index (κ1) is 15.8. The lowest BCUT2D eigenvalue weighted by molar-refractivity contribution is -0.118. The first-order chi connectivity index (χ1) is 12.1. The highest BCUT2D eigenvalue weighted by Crippen LogP contribution is 2.48. The average molecular weight is 356 g/mol. The van der Waals surface area contributed by atoms with Crippen molar-refractivity contribution < 1.29 is 9.18 Å². The number of hydrogen-bond donors (Lipinski definition) is 1. The van der Waals surface area contributed by atoms with E-state index in [1.807, 2.05) is 30.3 Å². The van der Waals surface area contributed by atoms with Gasteiger partial charge in [-0.15, -0.1) is 0 Å². The third-order valence-corrected chi connectivity index (χ3v) is 4.80. The van der Waals surface area contributed by atoms with E-state index < -0.39 is 11.2 Å². The molecule has 6 heteroatoms. The first-order valence-electron chi connectivity index (χ1n) is 7.97. The molecular formula is C19H15ClFN3O. The zero-order valence-corrected chi connectivity index (χ0v) is 14.0. The number of hydrogen-bond acceptors (Lipinski definition) is 2. The molecule has 0 saturated heterocycles. The summed E-state index contributed by atoms with van der Waals surface area (Å²) in [6.45, 7) is 0. The van der Waals surface area contributed by atoms with Crippen molar-refractivity contribution in [2.24, 2.45) is 0 Å². The normalized spacial score (nSPS) is 15.0. The minimum Gasteiger partial charge on any atom is -0.308 e. The highest BCUT2D eigenvalue weighted by atomic mass is 35.5. The molecule has 3 aromatic rings. The zero-order valence-electron chi connectivity index (χ0n) is 13.2. The van der Waals surface area contributed by atoms with Gasteiger partial charge in [0.2, 0.25) is 5.91 Å². The van der Waals surface area contributed by atoms with Crippen molar-refractivity contribution in [2.75, 3.05) is 5.32 Å². The number of nitrogens with zero attached hydrogens (tertiary/aromatic N) is 2. The van der Waals surface area contributed by atoms with Crippen LogP contribution in [0.5, 0.6) is 0 Å². The van der Waals surface area contributed by atoms with Crippen molar-refractivity contribution in [1.29, 1.82) is 0 Å². The number of rotatable bonds is 4. The monoisotopic (exact) mass is 355 g/mol. The smallest absolute Gasteiger partial charge is 0.236 e. The largest absolute Gasteiger partial charge is 0.308 e. The lowest BCUT2D eigenvalue weighted by Gasteiger charge is -2.14. The Balaban J connectivity index is 1.53. The molecule has 126 valence electrons. The summed E-state index contributed by atoms with van der Waals surface area (Å²) in [6, 6.07) is 15.8. The van der Waals surface area contributed by atoms with Crippen molar-refractivity contribution in [3.05, 3.63) is 77.2 Å². The van der Waals surface area contributed by atoms with Crippen LogP contribution in [-0.2, 0) is 10.2 Å². The van der Waals surface area contributed by atoms with Crippen molar-refractivity contribution in [2.45, 2.75) is 18.3 Å². The van der Waals surface area contributed by atoms with Crippen molar-refractivity contribution in [1.82, 2.24) is 9.78 Å². The van der Waals surface area contributed by atoms with Crippen LogP contribution in [0.15, 0.2) is 60.8 Å². The van der Waals surface area contributed by atoms with Crippen molar-refractivity contribution in [3.8, 4) is 5.69 Å². The summed E-state index contributed by atoms with van der Waals surface area (Å²) in [7, 11) is 0. The molecular weight excluding hydrogens is 341 g/mol. The maximum Gasteiger partial charge on any atom is 0.236 e. The number of nitrogens with one attached hydrogen (secondary N) is 1. The number of anilines is 1. The predicted molar refractivity (Wildman–Crippen MR) is 94.5 cm³/mol. The van der Waals surface area contributed by atoms with Gasteiger partial charge in [-0.3, -0.25) is 4.79 Å². The summed E-state index contributed by atoms with van der Waals surface area (Å²) in [5, 5.41) is 7.24. The number of aromatic nitrogens is 2. The number of carbonyl (C=O) groups is 1. The molecule has 1 heterocycles. The second kappa shape index (κ2) is 6.01. The maximum atomic E-state index is 13.3. The lowest BCUT2D eigenvalue weighted by atomic mass is 9.95. The molecule has 2 aromatic carbocycles. The molecule has 1 N–H and O–H groups in total. The van der Waals surface area contributed by atoms with Gasteiger partial charge >= 0.3 is 0 Å². The second-order valence-electron chi connectivity index (χ2n) is 6.15. The van der Waals surface area contributed by atoms with Crippen LogP contribution < -0.4 is 5.32 Å². The highest BCUT2D eigenvalue weighted by molar-refractivity contribution is 6.30. The molecule has 0 spiro atoms. The van der Waals surface area contributed by atoms with Crippen LogP contribution in [0.1, 0.15) is 18.4 Å². The van der Waals surface area contributed by atoms with Crippen LogP contribution in [0.3, 0.4) is 0 Å². The fourth-order valence-electron chi connectivity index (χ4n) is 2.93. The van der Waals surface area contributed by atoms with Gasteiger partial charge < -0.3 is 5.32 Å². The summed E-state index contributed by atoms with van der Waals surface area (Å²) < 4.78 is 14.8. The second-order valence-corrected chi connectivity index (χ2v) is 6.55. The summed E-state index contributed by atoms with van der Waals surface area (Å²) in [6.07, 6.45) is 3.36. The van der Waals surface area contributed by atoms with Gasteiger partial charge in [0, 0.05) is 12.3 Å². The molecule has 0 aliphatic heterocycles. The van der Waals surface area contributed by atoms with Crippen LogP contribution in [0.2, 0.25) is 5.02 Å². The van der Waals surface area contributed by atoms with Gasteiger partial charge in [-0.05, 0) is 36.6 Å². The van der Waals surface area contributed by atoms with Gasteiger partial charge in [-0.1, -0.05) is 41.9 Å². The van der Waals surface area contributed by atoms with Crippen LogP contribution in [0, 0.1) is 5.82 Å². The van der Waals surface area contributed by atoms with Crippen LogP contribution in [-0.4, -0.2) is 15.7 Å². The van der Waals surface area contributed by atoms with E-state index in [2.05, 4.69) is 10.4 Å². The molecule has 1 aliphatic carbocycles. The average Bonchev–Trinajstić information content (AvgIpc) is 3.32. The van der Waals surface area contributed by atoms with E-state index in [-0.39, 0.29) is 10.9 Å². The molecule has 1 aliphatic rings. The summed E-state index contributed by atoms with van der Waals surface area (Å²) in [4.78, 5) is 12.7. The van der Waals surface area contributed by atoms with Crippen LogP contribution >= 0.6 is 11.6 Å². The molecule has 1 amide bonds. The predicted octanol–water partition coefficient (Wildman–Crippen LogP) is 4.34. The summed E-state index contributed by atoms with van der Waals surface area (Å²) in [5.74, 6) is -0.0848. The van der Waals surface area contributed by atoms with E-state index in [0.29, 0.717) is 11.5 Å². The van der Waals surface area contributed by atoms with Crippen molar-refractivity contribution >= 4 is 23.3 Å². The molecule has 4 nitrogen and oxygen atoms in total. The minimum absolute atomic E-state index is 0.0274. The Hall–Kier alpha value is -2.66. The lowest BCUT2D eigenvalue weighted by Crippen LogP contribution is -2.28.